The number of nitrogen functional groups attached to an aromatic ring is 4. The fourth-order valence-corrected chi connectivity index (χ4v) is 17.2. The minimum atomic E-state index is -1.50. The van der Waals surface area contributed by atoms with Crippen molar-refractivity contribution in [3.05, 3.63) is 275 Å². The van der Waals surface area contributed by atoms with E-state index in [1.165, 1.54) is 95.5 Å². The number of aliphatic hydroxyl groups excluding tert-OH is 12. The number of ether oxygens (including phenoxy) is 5. The number of anilines is 4. The van der Waals surface area contributed by atoms with E-state index >= 15 is 0 Å². The molecule has 5 aliphatic rings. The second-order valence-electron chi connectivity index (χ2n) is 32.6. The van der Waals surface area contributed by atoms with Gasteiger partial charge in [0, 0.05) is 59.1 Å². The van der Waals surface area contributed by atoms with E-state index in [4.69, 9.17) is 69.8 Å². The van der Waals surface area contributed by atoms with Gasteiger partial charge < -0.3 is 126 Å². The van der Waals surface area contributed by atoms with Crippen LogP contribution in [-0.2, 0) is 23.7 Å². The van der Waals surface area contributed by atoms with Crippen molar-refractivity contribution >= 4 is 102 Å². The Morgan fingerprint density at radius 2 is 0.662 bits per heavy atom. The van der Waals surface area contributed by atoms with E-state index in [0.29, 0.717) is 83.8 Å². The molecule has 0 aliphatic carbocycles. The summed E-state index contributed by atoms with van der Waals surface area (Å²) in [5.41, 5.74) is 29.0. The minimum absolute atomic E-state index is 0.00339. The Kier molecular flexibility index (Phi) is 27.5. The lowest BCUT2D eigenvalue weighted by molar-refractivity contribution is -0.0850. The largest absolute Gasteiger partial charge is 0.397 e. The monoisotopic (exact) mass is 1880 g/mol. The number of hydrogen-bond donors (Lipinski definition) is 16. The van der Waals surface area contributed by atoms with Gasteiger partial charge in [0.25, 0.3) is 0 Å². The van der Waals surface area contributed by atoms with Crippen LogP contribution < -0.4 is 22.9 Å². The lowest BCUT2D eigenvalue weighted by atomic mass is 9.95. The Balaban J connectivity index is 0.000000121. The highest BCUT2D eigenvalue weighted by atomic mass is 35.5. The highest BCUT2D eigenvalue weighted by Crippen LogP contribution is 2.47. The number of fused-ring (bicyclic) bond motifs is 5. The first kappa shape index (κ1) is 94.1. The number of nitrogens with zero attached hydrogens (tertiary/aromatic N) is 15. The number of benzene rings is 5. The number of nitrogens with two attached hydrogens (primary N) is 4. The number of rotatable bonds is 15. The molecule has 20 N–H and O–H groups in total. The third kappa shape index (κ3) is 18.3. The summed E-state index contributed by atoms with van der Waals surface area (Å²) >= 11 is 11.6. The van der Waals surface area contributed by atoms with Crippen molar-refractivity contribution in [2.75, 3.05) is 22.9 Å². The molecule has 25 atom stereocenters. The van der Waals surface area contributed by atoms with E-state index in [1.807, 2.05) is 31.4 Å². The Morgan fingerprint density at radius 3 is 1.07 bits per heavy atom. The maximum atomic E-state index is 13.7. The third-order valence-electron chi connectivity index (χ3n) is 24.4. The summed E-state index contributed by atoms with van der Waals surface area (Å²) in [7, 11) is 0. The van der Waals surface area contributed by atoms with Crippen molar-refractivity contribution in [2.24, 2.45) is 17.8 Å². The lowest BCUT2D eigenvalue weighted by Crippen LogP contribution is -2.34. The van der Waals surface area contributed by atoms with E-state index in [2.05, 4.69) is 49.8 Å². The van der Waals surface area contributed by atoms with Crippen LogP contribution in [0.1, 0.15) is 116 Å². The van der Waals surface area contributed by atoms with Crippen molar-refractivity contribution < 1.29 is 111 Å². The number of aliphatic hydroxyl groups is 12. The zero-order valence-corrected chi connectivity index (χ0v) is 71.9. The zero-order chi connectivity index (χ0) is 94.7. The van der Waals surface area contributed by atoms with Gasteiger partial charge >= 0.3 is 0 Å². The summed E-state index contributed by atoms with van der Waals surface area (Å²) in [5, 5.41) is 130. The number of aryl methyl sites for hydroxylation is 1. The molecule has 44 heteroatoms. The van der Waals surface area contributed by atoms with Gasteiger partial charge in [0.1, 0.15) is 187 Å². The summed E-state index contributed by atoms with van der Waals surface area (Å²) in [6, 6.07) is 30.8. The van der Waals surface area contributed by atoms with Crippen LogP contribution >= 0.6 is 23.2 Å². The van der Waals surface area contributed by atoms with Gasteiger partial charge in [0.05, 0.1) is 57.2 Å². The van der Waals surface area contributed by atoms with Gasteiger partial charge in [-0.2, -0.15) is 0 Å². The predicted molar refractivity (Wildman–Crippen MR) is 466 cm³/mol. The highest BCUT2D eigenvalue weighted by Gasteiger charge is 2.52. The summed E-state index contributed by atoms with van der Waals surface area (Å²) in [4.78, 5) is 41.2. The maximum absolute atomic E-state index is 13.7. The summed E-state index contributed by atoms with van der Waals surface area (Å²) in [5.74, 6) is -5.24. The number of halogens is 8. The van der Waals surface area contributed by atoms with Crippen LogP contribution in [0, 0.1) is 59.6 Å². The first-order valence-electron chi connectivity index (χ1n) is 41.4. The molecule has 133 heavy (non-hydrogen) atoms. The van der Waals surface area contributed by atoms with Gasteiger partial charge in [-0.15, -0.1) is 0 Å². The number of hydrogen-bond acceptors (Lipinski definition) is 31. The van der Waals surface area contributed by atoms with Crippen LogP contribution in [0.25, 0.3) is 55.3 Å². The Labute approximate surface area is 759 Å². The highest BCUT2D eigenvalue weighted by molar-refractivity contribution is 6.31. The SMILES string of the molecule is CC1C(O)C(C(O)c2ccc(Cl)c(F)c2)OC1n1ccc2c(N)ncnc21.CC1C(O)C(C(O)c2ccc(Cl)cc2)OC1n1ccc2c(N)ncnc21.CC1C(O)C(C(O)c2ccc(F)cc2)OC1n1ccc2c(N)ncnc21.Cc1ncnc2c1ccn2C1OC(C(O)c2ccc(F)c(F)c2)C(O)C1O.Nc1ccnc2c1ncn2C1OC(C(O)c2ccc(F)c(F)c2)C(O)C1O. The van der Waals surface area contributed by atoms with Gasteiger partial charge in [-0.1, -0.05) is 86.4 Å². The first-order valence-corrected chi connectivity index (χ1v) is 42.2. The molecular weight excluding hydrogens is 1790 g/mol. The van der Waals surface area contributed by atoms with E-state index < -0.39 is 170 Å². The van der Waals surface area contributed by atoms with Gasteiger partial charge in [-0.05, 0) is 126 Å². The molecule has 0 amide bonds. The topological polar surface area (TPSA) is 547 Å². The van der Waals surface area contributed by atoms with Crippen LogP contribution in [0.15, 0.2) is 196 Å². The minimum Gasteiger partial charge on any atom is -0.397 e. The lowest BCUT2D eigenvalue weighted by Gasteiger charge is -2.22. The second kappa shape index (κ2) is 38.8. The van der Waals surface area contributed by atoms with Gasteiger partial charge in [0.15, 0.2) is 41.4 Å². The average Bonchev–Trinajstić information content (AvgIpc) is 1.63. The molecule has 15 aromatic rings. The number of imidazole rings is 1. The normalized spacial score (nSPS) is 26.8. The van der Waals surface area contributed by atoms with Gasteiger partial charge in [-0.3, -0.25) is 4.57 Å². The standard InChI is InChI=1S/C18H18ClFN4O3.C18H19ClN4O3.C18H17F2N3O4.C18H19FN4O3.C17H16F2N4O4/c1-8-13(25)15(14(26)9-2-3-11(19)12(20)6-9)27-18(8)24-5-4-10-16(21)22-7-23-17(10)24;1-9-13(24)15(14(25)10-2-4-11(19)5-3-10)26-18(9)23-7-6-12-16(20)21-8-22-17(12)23;1-8-10-4-5-23(17(10)22-7-21-8)18-15(26)14(25)16(27-18)13(24)9-2-3-11(19)12(20)6-9;1-9-13(24)15(14(25)10-2-4-11(19)5-3-10)26-18(9)23-7-6-12-16(20)21-8-22-17(12)23;18-8-2-1-7(5-9(8)19)12(24)15-13(25)14(26)17(27-15)23-6-22-11-10(20)3-4-21-16(11)23/h2-8,13-15,18,25-26H,1H3,(H2,21,22,23);2-9,13-15,18,24-25H,1H3,(H2,20,21,22);2-7,13-16,18,24-26H,1H3;2-9,13-15,18,24-25H,1H3,(H2,20,21,22);1-6,12-15,17,24-26H,(H2,20,21). The van der Waals surface area contributed by atoms with E-state index in [0.717, 1.165) is 46.8 Å². The molecule has 0 radical (unpaired) electrons. The molecular formula is C89H89Cl2F6N19O17. The van der Waals surface area contributed by atoms with Crippen LogP contribution in [0.3, 0.4) is 0 Å². The maximum Gasteiger partial charge on any atom is 0.165 e. The quantitative estimate of drug-likeness (QED) is 0.0427. The molecule has 10 aromatic heterocycles. The van der Waals surface area contributed by atoms with Crippen molar-refractivity contribution in [1.29, 1.82) is 0 Å². The molecule has 25 unspecified atom stereocenters. The van der Waals surface area contributed by atoms with Crippen molar-refractivity contribution in [3.63, 3.8) is 0 Å². The molecule has 5 saturated heterocycles. The summed E-state index contributed by atoms with van der Waals surface area (Å²) < 4.78 is 118. The van der Waals surface area contributed by atoms with Crippen LogP contribution in [0.4, 0.5) is 49.5 Å². The first-order chi connectivity index (χ1) is 63.6. The number of aromatic nitrogens is 15. The van der Waals surface area contributed by atoms with Crippen molar-refractivity contribution in [3.8, 4) is 0 Å². The van der Waals surface area contributed by atoms with E-state index in [-0.39, 0.29) is 39.5 Å². The van der Waals surface area contributed by atoms with Crippen LogP contribution in [-0.4, -0.2) is 207 Å². The molecule has 0 bridgehead atoms. The van der Waals surface area contributed by atoms with Gasteiger partial charge in [-0.25, -0.2) is 76.2 Å². The molecule has 0 saturated carbocycles. The fourth-order valence-electron chi connectivity index (χ4n) is 17.0. The Hall–Kier alpha value is -12.1. The molecule has 0 spiro atoms. The Morgan fingerprint density at radius 1 is 0.331 bits per heavy atom. The number of pyridine rings is 1. The molecule has 698 valence electrons. The molecule has 5 fully saturated rings. The predicted octanol–water partition coefficient (Wildman–Crippen LogP) is 8.52. The zero-order valence-electron chi connectivity index (χ0n) is 70.4. The van der Waals surface area contributed by atoms with Crippen LogP contribution in [0.5, 0.6) is 0 Å². The molecule has 5 aliphatic heterocycles. The van der Waals surface area contributed by atoms with E-state index in [1.54, 1.807) is 89.4 Å². The van der Waals surface area contributed by atoms with Crippen molar-refractivity contribution in [1.82, 2.24) is 72.7 Å². The smallest absolute Gasteiger partial charge is 0.165 e. The fraction of sp³-hybridized carbons (Fsp3) is 0.326. The van der Waals surface area contributed by atoms with E-state index in [9.17, 15) is 87.6 Å². The van der Waals surface area contributed by atoms with Crippen molar-refractivity contribution in [2.45, 2.75) is 163 Å². The Bertz CT molecular complexity index is 6150. The summed E-state index contributed by atoms with van der Waals surface area (Å²) in [6.07, 6.45) is -8.22. The average molecular weight is 1880 g/mol. The summed E-state index contributed by atoms with van der Waals surface area (Å²) in [6.45, 7) is 7.33. The van der Waals surface area contributed by atoms with Crippen LogP contribution in [0.2, 0.25) is 10.0 Å². The van der Waals surface area contributed by atoms with Gasteiger partial charge in [0.2, 0.25) is 0 Å². The second-order valence-corrected chi connectivity index (χ2v) is 33.5. The third-order valence-corrected chi connectivity index (χ3v) is 25.0. The molecule has 15 heterocycles. The molecule has 20 rings (SSSR count). The molecule has 36 nitrogen and oxygen atoms in total. The molecule has 5 aromatic carbocycles.